The average Bonchev–Trinajstić information content (AvgIpc) is 3.34. The number of aromatic hydroxyl groups is 1. The van der Waals surface area contributed by atoms with Crippen LogP contribution in [0.1, 0.15) is 48.7 Å². The van der Waals surface area contributed by atoms with E-state index in [1.54, 1.807) is 17.0 Å². The Labute approximate surface area is 204 Å². The molecule has 2 aliphatic rings. The number of phenolic OH excluding ortho intramolecular Hbond substituents is 1. The van der Waals surface area contributed by atoms with Gasteiger partial charge in [0.05, 0.1) is 24.5 Å². The number of nitrogens with one attached hydrogen (secondary N) is 2. The van der Waals surface area contributed by atoms with Crippen molar-refractivity contribution in [3.05, 3.63) is 47.4 Å². The van der Waals surface area contributed by atoms with Crippen LogP contribution in [0.25, 0.3) is 0 Å². The second-order valence-corrected chi connectivity index (χ2v) is 10.8. The summed E-state index contributed by atoms with van der Waals surface area (Å²) in [7, 11) is -4.05. The van der Waals surface area contributed by atoms with E-state index in [2.05, 4.69) is 19.4 Å². The Kier molecular flexibility index (Phi) is 6.60. The molecular weight excluding hydrogens is 474 g/mol. The van der Waals surface area contributed by atoms with Gasteiger partial charge in [-0.2, -0.15) is 8.42 Å². The third-order valence-electron chi connectivity index (χ3n) is 5.59. The Balaban J connectivity index is 1.66. The first-order valence-corrected chi connectivity index (χ1v) is 12.6. The van der Waals surface area contributed by atoms with Gasteiger partial charge >= 0.3 is 10.2 Å². The fourth-order valence-corrected chi connectivity index (χ4v) is 4.63. The summed E-state index contributed by atoms with van der Waals surface area (Å²) >= 11 is 0. The van der Waals surface area contributed by atoms with Crippen LogP contribution in [0.15, 0.2) is 44.1 Å². The molecule has 0 bridgehead atoms. The van der Waals surface area contributed by atoms with E-state index >= 15 is 0 Å². The number of ether oxygens (including phenoxy) is 1. The SMILES string of the molecule is Cc1ccc([C@H](N=C2NS(=O)(=O)N=C2Nc2cccc(C(=O)N3CCOCC3)c2O)C(C)(C)C)o1. The molecule has 0 aliphatic carbocycles. The lowest BCUT2D eigenvalue weighted by Gasteiger charge is -2.27. The van der Waals surface area contributed by atoms with Crippen LogP contribution in [0, 0.1) is 12.3 Å². The number of para-hydroxylation sites is 1. The molecule has 35 heavy (non-hydrogen) atoms. The molecule has 1 fully saturated rings. The number of hydrogen-bond donors (Lipinski definition) is 3. The summed E-state index contributed by atoms with van der Waals surface area (Å²) in [4.78, 5) is 19.1. The predicted molar refractivity (Wildman–Crippen MR) is 131 cm³/mol. The molecule has 188 valence electrons. The summed E-state index contributed by atoms with van der Waals surface area (Å²) in [5, 5.41) is 13.7. The standard InChI is InChI=1S/C23H29N5O6S/c1-14-8-9-17(34-14)19(23(2,3)4)25-21-20(26-35(31,32)27-21)24-16-7-5-6-15(18(16)29)22(30)28-10-12-33-13-11-28/h5-9,19,29H,10-13H2,1-4H3,(H,24,26)(H,25,27)/t19-/m0/s1. The summed E-state index contributed by atoms with van der Waals surface area (Å²) < 4.78 is 41.7. The number of aryl methyl sites for hydroxylation is 1. The van der Waals surface area contributed by atoms with Crippen molar-refractivity contribution in [3.63, 3.8) is 0 Å². The van der Waals surface area contributed by atoms with Crippen LogP contribution in [0.4, 0.5) is 5.69 Å². The number of benzene rings is 1. The first-order chi connectivity index (χ1) is 16.4. The normalized spacial score (nSPS) is 19.8. The van der Waals surface area contributed by atoms with Crippen molar-refractivity contribution in [1.82, 2.24) is 9.62 Å². The number of carbonyl (C=O) groups is 1. The summed E-state index contributed by atoms with van der Waals surface area (Å²) in [6.45, 7) is 9.38. The maximum atomic E-state index is 12.9. The van der Waals surface area contributed by atoms with Crippen molar-refractivity contribution in [1.29, 1.82) is 0 Å². The molecule has 4 rings (SSSR count). The zero-order valence-corrected chi connectivity index (χ0v) is 20.8. The highest BCUT2D eigenvalue weighted by molar-refractivity contribution is 7.89. The predicted octanol–water partition coefficient (Wildman–Crippen LogP) is 2.61. The third-order valence-corrected chi connectivity index (χ3v) is 6.46. The zero-order valence-electron chi connectivity index (χ0n) is 20.0. The molecule has 11 nitrogen and oxygen atoms in total. The lowest BCUT2D eigenvalue weighted by Crippen LogP contribution is -2.40. The van der Waals surface area contributed by atoms with E-state index in [9.17, 15) is 18.3 Å². The molecule has 3 N–H and O–H groups in total. The van der Waals surface area contributed by atoms with E-state index in [4.69, 9.17) is 9.15 Å². The van der Waals surface area contributed by atoms with Gasteiger partial charge in [0.1, 0.15) is 17.6 Å². The number of aliphatic imine (C=N–C) groups is 1. The van der Waals surface area contributed by atoms with Gasteiger partial charge in [-0.15, -0.1) is 4.40 Å². The molecule has 0 radical (unpaired) electrons. The Morgan fingerprint density at radius 2 is 1.94 bits per heavy atom. The molecule has 3 heterocycles. The number of rotatable bonds is 4. The lowest BCUT2D eigenvalue weighted by atomic mass is 9.85. The van der Waals surface area contributed by atoms with E-state index in [0.29, 0.717) is 37.8 Å². The van der Waals surface area contributed by atoms with Gasteiger partial charge in [-0.25, -0.2) is 4.72 Å². The van der Waals surface area contributed by atoms with Gasteiger partial charge in [0.25, 0.3) is 5.91 Å². The first kappa shape index (κ1) is 24.7. The Bertz CT molecular complexity index is 1290. The molecule has 0 saturated carbocycles. The summed E-state index contributed by atoms with van der Waals surface area (Å²) in [6.07, 6.45) is 0. The van der Waals surface area contributed by atoms with E-state index in [0.717, 1.165) is 0 Å². The fourth-order valence-electron chi connectivity index (χ4n) is 3.82. The number of carbonyl (C=O) groups excluding carboxylic acids is 1. The van der Waals surface area contributed by atoms with E-state index < -0.39 is 21.7 Å². The highest BCUT2D eigenvalue weighted by Gasteiger charge is 2.34. The molecule has 1 aromatic heterocycles. The maximum absolute atomic E-state index is 12.9. The van der Waals surface area contributed by atoms with Crippen LogP contribution >= 0.6 is 0 Å². The molecule has 1 amide bonds. The third kappa shape index (κ3) is 5.49. The zero-order chi connectivity index (χ0) is 25.4. The number of phenols is 1. The Morgan fingerprint density at radius 3 is 2.57 bits per heavy atom. The van der Waals surface area contributed by atoms with E-state index in [1.807, 2.05) is 33.8 Å². The van der Waals surface area contributed by atoms with Crippen LogP contribution in [0.3, 0.4) is 0 Å². The van der Waals surface area contributed by atoms with Crippen LogP contribution in [-0.4, -0.2) is 62.3 Å². The number of furan rings is 1. The van der Waals surface area contributed by atoms with Crippen molar-refractivity contribution in [2.24, 2.45) is 14.8 Å². The minimum Gasteiger partial charge on any atom is -0.505 e. The van der Waals surface area contributed by atoms with Crippen molar-refractivity contribution in [3.8, 4) is 5.75 Å². The second kappa shape index (κ2) is 9.34. The van der Waals surface area contributed by atoms with Gasteiger partial charge < -0.3 is 24.5 Å². The number of amidine groups is 2. The van der Waals surface area contributed by atoms with Crippen LogP contribution in [0.5, 0.6) is 5.75 Å². The number of hydrogen-bond acceptors (Lipinski definition) is 8. The monoisotopic (exact) mass is 503 g/mol. The van der Waals surface area contributed by atoms with Gasteiger partial charge in [0.2, 0.25) is 0 Å². The van der Waals surface area contributed by atoms with Crippen molar-refractivity contribution in [2.75, 3.05) is 31.6 Å². The van der Waals surface area contributed by atoms with E-state index in [-0.39, 0.29) is 34.6 Å². The molecule has 2 aromatic rings. The van der Waals surface area contributed by atoms with Crippen LogP contribution in [0.2, 0.25) is 0 Å². The summed E-state index contributed by atoms with van der Waals surface area (Å²) in [6, 6.07) is 7.71. The number of anilines is 1. The van der Waals surface area contributed by atoms with Crippen molar-refractivity contribution >= 4 is 33.5 Å². The molecule has 1 atom stereocenters. The molecule has 2 aliphatic heterocycles. The topological polar surface area (TPSA) is 146 Å². The average molecular weight is 504 g/mol. The Hall–Kier alpha value is -3.38. The van der Waals surface area contributed by atoms with Gasteiger partial charge in [-0.3, -0.25) is 9.79 Å². The molecular formula is C23H29N5O6S. The minimum atomic E-state index is -4.05. The summed E-state index contributed by atoms with van der Waals surface area (Å²) in [5.74, 6) is 0.499. The molecule has 0 unspecified atom stereocenters. The Morgan fingerprint density at radius 1 is 1.23 bits per heavy atom. The van der Waals surface area contributed by atoms with Gasteiger partial charge in [0, 0.05) is 13.1 Å². The second-order valence-electron chi connectivity index (χ2n) is 9.44. The molecule has 0 spiro atoms. The quantitative estimate of drug-likeness (QED) is 0.544. The number of amides is 1. The lowest BCUT2D eigenvalue weighted by molar-refractivity contribution is 0.0301. The molecule has 1 aromatic carbocycles. The number of morpholine rings is 1. The van der Waals surface area contributed by atoms with Gasteiger partial charge in [0.15, 0.2) is 17.4 Å². The van der Waals surface area contributed by atoms with Gasteiger partial charge in [-0.1, -0.05) is 26.8 Å². The van der Waals surface area contributed by atoms with E-state index in [1.165, 1.54) is 12.1 Å². The fraction of sp³-hybridized carbons (Fsp3) is 0.435. The smallest absolute Gasteiger partial charge is 0.345 e. The largest absolute Gasteiger partial charge is 0.505 e. The number of nitrogens with zero attached hydrogens (tertiary/aromatic N) is 3. The molecule has 1 saturated heterocycles. The first-order valence-electron chi connectivity index (χ1n) is 11.2. The van der Waals surface area contributed by atoms with Crippen molar-refractivity contribution in [2.45, 2.75) is 33.7 Å². The highest BCUT2D eigenvalue weighted by atomic mass is 32.2. The minimum absolute atomic E-state index is 0.0247. The highest BCUT2D eigenvalue weighted by Crippen LogP contribution is 2.37. The summed E-state index contributed by atoms with van der Waals surface area (Å²) in [5.41, 5.74) is -0.206. The van der Waals surface area contributed by atoms with Gasteiger partial charge in [-0.05, 0) is 36.6 Å². The maximum Gasteiger partial charge on any atom is 0.345 e. The van der Waals surface area contributed by atoms with Crippen LogP contribution in [-0.2, 0) is 14.9 Å². The van der Waals surface area contributed by atoms with Crippen molar-refractivity contribution < 1.29 is 27.5 Å². The van der Waals surface area contributed by atoms with Crippen LogP contribution < -0.4 is 10.0 Å². The molecule has 12 heteroatoms.